The first-order chi connectivity index (χ1) is 8.65. The van der Waals surface area contributed by atoms with Gasteiger partial charge in [0.15, 0.2) is 0 Å². The molecule has 0 aliphatic rings. The van der Waals surface area contributed by atoms with Crippen molar-refractivity contribution in [3.63, 3.8) is 0 Å². The normalized spacial score (nSPS) is 10.8. The summed E-state index contributed by atoms with van der Waals surface area (Å²) in [4.78, 5) is 4.29. The van der Waals surface area contributed by atoms with Crippen LogP contribution in [0.5, 0.6) is 0 Å². The lowest BCUT2D eigenvalue weighted by Crippen LogP contribution is -2.16. The maximum atomic E-state index is 12.7. The number of hydrogen-bond acceptors (Lipinski definition) is 3. The van der Waals surface area contributed by atoms with E-state index >= 15 is 0 Å². The van der Waals surface area contributed by atoms with Crippen LogP contribution < -0.4 is 5.32 Å². The van der Waals surface area contributed by atoms with Gasteiger partial charge in [0.05, 0.1) is 12.2 Å². The fraction of sp³-hybridized carbons (Fsp3) is 0.357. The standard InChI is InChI=1S/C14H17FN2O/c1-10-11(2)18-14(17-10)9-16-8-7-12-3-5-13(15)6-4-12/h3-6,16H,7-9H2,1-2H3. The van der Waals surface area contributed by atoms with Crippen LogP contribution in [0.4, 0.5) is 4.39 Å². The number of aromatic nitrogens is 1. The van der Waals surface area contributed by atoms with Crippen LogP contribution in [0.25, 0.3) is 0 Å². The lowest BCUT2D eigenvalue weighted by molar-refractivity contribution is 0.450. The predicted molar refractivity (Wildman–Crippen MR) is 67.8 cm³/mol. The van der Waals surface area contributed by atoms with E-state index in [1.54, 1.807) is 12.1 Å². The maximum Gasteiger partial charge on any atom is 0.208 e. The van der Waals surface area contributed by atoms with E-state index in [2.05, 4.69) is 10.3 Å². The number of aryl methyl sites for hydroxylation is 2. The molecule has 18 heavy (non-hydrogen) atoms. The molecular weight excluding hydrogens is 231 g/mol. The summed E-state index contributed by atoms with van der Waals surface area (Å²) in [7, 11) is 0. The molecule has 0 spiro atoms. The van der Waals surface area contributed by atoms with E-state index in [4.69, 9.17) is 4.42 Å². The van der Waals surface area contributed by atoms with Crippen molar-refractivity contribution < 1.29 is 8.81 Å². The van der Waals surface area contributed by atoms with E-state index in [9.17, 15) is 4.39 Å². The van der Waals surface area contributed by atoms with Crippen LogP contribution in [0, 0.1) is 19.7 Å². The van der Waals surface area contributed by atoms with Gasteiger partial charge in [-0.3, -0.25) is 0 Å². The Morgan fingerprint density at radius 3 is 2.56 bits per heavy atom. The van der Waals surface area contributed by atoms with Crippen molar-refractivity contribution in [2.45, 2.75) is 26.8 Å². The minimum atomic E-state index is -0.197. The summed E-state index contributed by atoms with van der Waals surface area (Å²) < 4.78 is 18.2. The van der Waals surface area contributed by atoms with Gasteiger partial charge in [0.2, 0.25) is 5.89 Å². The average molecular weight is 248 g/mol. The lowest BCUT2D eigenvalue weighted by Gasteiger charge is -2.02. The quantitative estimate of drug-likeness (QED) is 0.827. The fourth-order valence-electron chi connectivity index (χ4n) is 1.69. The second-order valence-electron chi connectivity index (χ2n) is 4.30. The minimum Gasteiger partial charge on any atom is -0.444 e. The molecule has 1 heterocycles. The van der Waals surface area contributed by atoms with Gasteiger partial charge in [-0.15, -0.1) is 0 Å². The first-order valence-electron chi connectivity index (χ1n) is 6.03. The number of oxazole rings is 1. The van der Waals surface area contributed by atoms with Gasteiger partial charge in [-0.05, 0) is 44.5 Å². The maximum absolute atomic E-state index is 12.7. The van der Waals surface area contributed by atoms with Gasteiger partial charge >= 0.3 is 0 Å². The molecule has 1 N–H and O–H groups in total. The van der Waals surface area contributed by atoms with Crippen LogP contribution in [0.3, 0.4) is 0 Å². The van der Waals surface area contributed by atoms with E-state index in [1.807, 2.05) is 13.8 Å². The molecule has 0 saturated heterocycles. The van der Waals surface area contributed by atoms with Crippen molar-refractivity contribution in [3.05, 3.63) is 53.0 Å². The predicted octanol–water partition coefficient (Wildman–Crippen LogP) is 2.76. The second kappa shape index (κ2) is 5.78. The van der Waals surface area contributed by atoms with Crippen LogP contribution in [0.1, 0.15) is 22.9 Å². The summed E-state index contributed by atoms with van der Waals surface area (Å²) in [6.45, 7) is 5.27. The molecule has 0 fully saturated rings. The zero-order valence-corrected chi connectivity index (χ0v) is 10.7. The number of benzene rings is 1. The molecule has 0 bridgehead atoms. The summed E-state index contributed by atoms with van der Waals surface area (Å²) in [6.07, 6.45) is 0.860. The van der Waals surface area contributed by atoms with E-state index in [0.29, 0.717) is 12.4 Å². The monoisotopic (exact) mass is 248 g/mol. The van der Waals surface area contributed by atoms with Gasteiger partial charge in [0, 0.05) is 0 Å². The van der Waals surface area contributed by atoms with Crippen molar-refractivity contribution >= 4 is 0 Å². The fourth-order valence-corrected chi connectivity index (χ4v) is 1.69. The van der Waals surface area contributed by atoms with Gasteiger partial charge in [-0.25, -0.2) is 9.37 Å². The Balaban J connectivity index is 1.74. The van der Waals surface area contributed by atoms with Crippen LogP contribution >= 0.6 is 0 Å². The molecule has 0 radical (unpaired) electrons. The summed E-state index contributed by atoms with van der Waals surface area (Å²) in [5.74, 6) is 1.38. The van der Waals surface area contributed by atoms with E-state index in [-0.39, 0.29) is 5.82 Å². The van der Waals surface area contributed by atoms with E-state index in [1.165, 1.54) is 12.1 Å². The summed E-state index contributed by atoms with van der Waals surface area (Å²) in [5, 5.41) is 3.26. The van der Waals surface area contributed by atoms with Crippen LogP contribution in [0.15, 0.2) is 28.7 Å². The van der Waals surface area contributed by atoms with Crippen molar-refractivity contribution in [1.82, 2.24) is 10.3 Å². The first-order valence-corrected chi connectivity index (χ1v) is 6.03. The lowest BCUT2D eigenvalue weighted by atomic mass is 10.1. The zero-order valence-electron chi connectivity index (χ0n) is 10.7. The Bertz CT molecular complexity index is 486. The van der Waals surface area contributed by atoms with Crippen LogP contribution in [-0.4, -0.2) is 11.5 Å². The molecule has 0 aliphatic carbocycles. The van der Waals surface area contributed by atoms with Crippen LogP contribution in [0.2, 0.25) is 0 Å². The third-order valence-electron chi connectivity index (χ3n) is 2.85. The molecule has 0 amide bonds. The second-order valence-corrected chi connectivity index (χ2v) is 4.30. The molecule has 96 valence electrons. The number of nitrogens with one attached hydrogen (secondary N) is 1. The van der Waals surface area contributed by atoms with Gasteiger partial charge in [-0.1, -0.05) is 12.1 Å². The summed E-state index contributed by atoms with van der Waals surface area (Å²) >= 11 is 0. The largest absolute Gasteiger partial charge is 0.444 e. The Labute approximate surface area is 106 Å². The minimum absolute atomic E-state index is 0.197. The summed E-state index contributed by atoms with van der Waals surface area (Å²) in [5.41, 5.74) is 2.05. The number of rotatable bonds is 5. The number of hydrogen-bond donors (Lipinski definition) is 1. The third kappa shape index (κ3) is 3.40. The molecule has 4 heteroatoms. The number of halogens is 1. The summed E-state index contributed by atoms with van der Waals surface area (Å²) in [6, 6.07) is 6.57. The molecule has 1 aromatic carbocycles. The van der Waals surface area contributed by atoms with Gasteiger partial charge in [0.1, 0.15) is 11.6 Å². The Hall–Kier alpha value is -1.68. The SMILES string of the molecule is Cc1nc(CNCCc2ccc(F)cc2)oc1C. The van der Waals surface area contributed by atoms with E-state index in [0.717, 1.165) is 30.0 Å². The number of nitrogens with zero attached hydrogens (tertiary/aromatic N) is 1. The molecule has 0 atom stereocenters. The molecule has 0 saturated carbocycles. The van der Waals surface area contributed by atoms with Crippen molar-refractivity contribution in [1.29, 1.82) is 0 Å². The highest BCUT2D eigenvalue weighted by Gasteiger charge is 2.04. The smallest absolute Gasteiger partial charge is 0.208 e. The molecule has 0 unspecified atom stereocenters. The highest BCUT2D eigenvalue weighted by atomic mass is 19.1. The topological polar surface area (TPSA) is 38.1 Å². The van der Waals surface area contributed by atoms with E-state index < -0.39 is 0 Å². The van der Waals surface area contributed by atoms with Gasteiger partial charge < -0.3 is 9.73 Å². The average Bonchev–Trinajstić information content (AvgIpc) is 2.67. The molecule has 3 nitrogen and oxygen atoms in total. The highest BCUT2D eigenvalue weighted by Crippen LogP contribution is 2.08. The van der Waals surface area contributed by atoms with Gasteiger partial charge in [0.25, 0.3) is 0 Å². The highest BCUT2D eigenvalue weighted by molar-refractivity contribution is 5.16. The van der Waals surface area contributed by atoms with Crippen molar-refractivity contribution in [2.24, 2.45) is 0 Å². The third-order valence-corrected chi connectivity index (χ3v) is 2.85. The first kappa shape index (κ1) is 12.8. The Morgan fingerprint density at radius 2 is 1.94 bits per heavy atom. The van der Waals surface area contributed by atoms with Crippen molar-refractivity contribution in [3.8, 4) is 0 Å². The Kier molecular flexibility index (Phi) is 4.10. The molecule has 1 aromatic heterocycles. The Morgan fingerprint density at radius 1 is 1.22 bits per heavy atom. The zero-order chi connectivity index (χ0) is 13.0. The van der Waals surface area contributed by atoms with Crippen LogP contribution in [-0.2, 0) is 13.0 Å². The molecular formula is C14H17FN2O. The molecule has 2 aromatic rings. The molecule has 2 rings (SSSR count). The van der Waals surface area contributed by atoms with Gasteiger partial charge in [-0.2, -0.15) is 0 Å². The molecule has 0 aliphatic heterocycles. The van der Waals surface area contributed by atoms with Crippen molar-refractivity contribution in [2.75, 3.05) is 6.54 Å².